The summed E-state index contributed by atoms with van der Waals surface area (Å²) in [5.74, 6) is 0. The van der Waals surface area contributed by atoms with Crippen molar-refractivity contribution in [1.29, 1.82) is 0 Å². The van der Waals surface area contributed by atoms with Crippen molar-refractivity contribution >= 4 is 0 Å². The van der Waals surface area contributed by atoms with E-state index in [4.69, 9.17) is 4.74 Å². The van der Waals surface area contributed by atoms with Crippen LogP contribution in [0, 0.1) is 10.8 Å². The molecule has 1 nitrogen and oxygen atoms in total. The van der Waals surface area contributed by atoms with E-state index >= 15 is 0 Å². The Labute approximate surface area is 109 Å². The Balaban J connectivity index is 3.15. The normalized spacial score (nSPS) is 13.1. The molecule has 0 spiro atoms. The molecule has 0 aliphatic rings. The monoisotopic (exact) mass is 242 g/mol. The van der Waals surface area contributed by atoms with Gasteiger partial charge in [0.1, 0.15) is 0 Å². The summed E-state index contributed by atoms with van der Waals surface area (Å²) < 4.78 is 5.66. The van der Waals surface area contributed by atoms with E-state index < -0.39 is 0 Å². The minimum absolute atomic E-state index is 0.312. The van der Waals surface area contributed by atoms with Crippen molar-refractivity contribution < 1.29 is 4.74 Å². The fourth-order valence-electron chi connectivity index (χ4n) is 1.77. The Morgan fingerprint density at radius 1 is 0.647 bits per heavy atom. The molecule has 0 saturated heterocycles. The average molecular weight is 242 g/mol. The summed E-state index contributed by atoms with van der Waals surface area (Å²) in [6.45, 7) is 15.5. The van der Waals surface area contributed by atoms with E-state index in [9.17, 15) is 0 Å². The van der Waals surface area contributed by atoms with Crippen molar-refractivity contribution in [3.8, 4) is 0 Å². The summed E-state index contributed by atoms with van der Waals surface area (Å²) in [5, 5.41) is 0. The van der Waals surface area contributed by atoms with Crippen LogP contribution in [0.2, 0.25) is 0 Å². The van der Waals surface area contributed by atoms with Gasteiger partial charge in [0.25, 0.3) is 0 Å². The van der Waals surface area contributed by atoms with E-state index in [2.05, 4.69) is 41.5 Å². The summed E-state index contributed by atoms with van der Waals surface area (Å²) in [7, 11) is 0. The van der Waals surface area contributed by atoms with Gasteiger partial charge in [0.15, 0.2) is 0 Å². The highest BCUT2D eigenvalue weighted by Gasteiger charge is 2.10. The molecule has 0 heterocycles. The highest BCUT2D eigenvalue weighted by atomic mass is 16.5. The predicted octanol–water partition coefficient (Wildman–Crippen LogP) is 5.44. The Morgan fingerprint density at radius 2 is 1.18 bits per heavy atom. The summed E-state index contributed by atoms with van der Waals surface area (Å²) in [5.41, 5.74) is 0.822. The molecule has 0 radical (unpaired) electrons. The smallest absolute Gasteiger partial charge is 0.0514 e. The fourth-order valence-corrected chi connectivity index (χ4v) is 1.77. The fraction of sp³-hybridized carbons (Fsp3) is 1.00. The zero-order valence-corrected chi connectivity index (χ0v) is 13.1. The number of ether oxygens (including phenoxy) is 1. The van der Waals surface area contributed by atoms with Crippen LogP contribution in [0.1, 0.15) is 80.1 Å². The van der Waals surface area contributed by atoms with E-state index in [1.807, 2.05) is 0 Å². The average Bonchev–Trinajstić information content (AvgIpc) is 2.11. The molecule has 0 unspecified atom stereocenters. The van der Waals surface area contributed by atoms with E-state index in [0.717, 1.165) is 13.2 Å². The van der Waals surface area contributed by atoms with Gasteiger partial charge < -0.3 is 4.74 Å². The first-order chi connectivity index (χ1) is 7.71. The van der Waals surface area contributed by atoms with Crippen LogP contribution >= 0.6 is 0 Å². The maximum Gasteiger partial charge on any atom is 0.0514 e. The van der Waals surface area contributed by atoms with Crippen LogP contribution in [-0.2, 0) is 4.74 Å². The quantitative estimate of drug-likeness (QED) is 0.515. The van der Waals surface area contributed by atoms with Crippen LogP contribution in [-0.4, -0.2) is 13.2 Å². The molecule has 1 heteroatoms. The molecule has 17 heavy (non-hydrogen) atoms. The summed E-state index contributed by atoms with van der Waals surface area (Å²) in [4.78, 5) is 0. The van der Waals surface area contributed by atoms with Crippen LogP contribution < -0.4 is 0 Å². The molecule has 0 fully saturated rings. The van der Waals surface area contributed by atoms with Crippen molar-refractivity contribution in [2.75, 3.05) is 13.2 Å². The molecule has 0 aromatic carbocycles. The van der Waals surface area contributed by atoms with Gasteiger partial charge in [-0.05, 0) is 23.7 Å². The van der Waals surface area contributed by atoms with Gasteiger partial charge in [-0.25, -0.2) is 0 Å². The van der Waals surface area contributed by atoms with Crippen LogP contribution in [0.3, 0.4) is 0 Å². The van der Waals surface area contributed by atoms with Crippen molar-refractivity contribution in [3.63, 3.8) is 0 Å². The van der Waals surface area contributed by atoms with Crippen molar-refractivity contribution in [2.45, 2.75) is 80.1 Å². The summed E-state index contributed by atoms with van der Waals surface area (Å²) >= 11 is 0. The minimum atomic E-state index is 0.312. The number of unbranched alkanes of at least 4 members (excludes halogenated alkanes) is 4. The second-order valence-corrected chi connectivity index (χ2v) is 7.69. The highest BCUT2D eigenvalue weighted by Crippen LogP contribution is 2.22. The molecular weight excluding hydrogens is 208 g/mol. The van der Waals surface area contributed by atoms with Gasteiger partial charge in [0.05, 0.1) is 6.61 Å². The topological polar surface area (TPSA) is 9.23 Å². The summed E-state index contributed by atoms with van der Waals surface area (Å²) in [6.07, 6.45) is 8.05. The maximum absolute atomic E-state index is 5.66. The molecule has 0 aromatic heterocycles. The molecule has 0 bridgehead atoms. The number of rotatable bonds is 8. The first kappa shape index (κ1) is 17.0. The molecule has 0 saturated carbocycles. The third kappa shape index (κ3) is 16.0. The van der Waals surface area contributed by atoms with E-state index in [1.54, 1.807) is 0 Å². The van der Waals surface area contributed by atoms with Gasteiger partial charge in [-0.1, -0.05) is 67.2 Å². The molecule has 0 aliphatic carbocycles. The maximum atomic E-state index is 5.66. The lowest BCUT2D eigenvalue weighted by Gasteiger charge is -2.18. The second-order valence-electron chi connectivity index (χ2n) is 7.69. The Kier molecular flexibility index (Phi) is 8.11. The second kappa shape index (κ2) is 8.13. The van der Waals surface area contributed by atoms with Gasteiger partial charge in [-0.3, -0.25) is 0 Å². The van der Waals surface area contributed by atoms with E-state index in [1.165, 1.54) is 38.5 Å². The Bertz CT molecular complexity index is 151. The van der Waals surface area contributed by atoms with Crippen LogP contribution in [0.15, 0.2) is 0 Å². The zero-order valence-electron chi connectivity index (χ0n) is 13.1. The molecule has 0 amide bonds. The van der Waals surface area contributed by atoms with E-state index in [0.29, 0.717) is 10.8 Å². The zero-order chi connectivity index (χ0) is 13.4. The molecular formula is C16H34O. The third-order valence-corrected chi connectivity index (χ3v) is 2.75. The van der Waals surface area contributed by atoms with Gasteiger partial charge in [0.2, 0.25) is 0 Å². The first-order valence-electron chi connectivity index (χ1n) is 7.28. The van der Waals surface area contributed by atoms with Crippen molar-refractivity contribution in [3.05, 3.63) is 0 Å². The lowest BCUT2D eigenvalue weighted by molar-refractivity contribution is 0.0686. The van der Waals surface area contributed by atoms with Crippen LogP contribution in [0.25, 0.3) is 0 Å². The van der Waals surface area contributed by atoms with Crippen LogP contribution in [0.5, 0.6) is 0 Å². The molecule has 0 N–H and O–H groups in total. The number of hydrogen-bond acceptors (Lipinski definition) is 1. The molecule has 104 valence electrons. The third-order valence-electron chi connectivity index (χ3n) is 2.75. The Morgan fingerprint density at radius 3 is 1.71 bits per heavy atom. The molecule has 0 aliphatic heterocycles. The molecule has 0 aromatic rings. The lowest BCUT2D eigenvalue weighted by Crippen LogP contribution is -2.14. The SMILES string of the molecule is CC(C)(C)CCCCCCCOCC(C)(C)C. The molecule has 0 atom stereocenters. The van der Waals surface area contributed by atoms with Gasteiger partial charge in [-0.2, -0.15) is 0 Å². The summed E-state index contributed by atoms with van der Waals surface area (Å²) in [6, 6.07) is 0. The predicted molar refractivity (Wildman–Crippen MR) is 77.4 cm³/mol. The lowest BCUT2D eigenvalue weighted by atomic mass is 9.89. The van der Waals surface area contributed by atoms with E-state index in [-0.39, 0.29) is 0 Å². The minimum Gasteiger partial charge on any atom is -0.381 e. The van der Waals surface area contributed by atoms with Gasteiger partial charge in [-0.15, -0.1) is 0 Å². The largest absolute Gasteiger partial charge is 0.381 e. The molecule has 0 rings (SSSR count). The first-order valence-corrected chi connectivity index (χ1v) is 7.28. The van der Waals surface area contributed by atoms with Gasteiger partial charge >= 0.3 is 0 Å². The van der Waals surface area contributed by atoms with Crippen molar-refractivity contribution in [1.82, 2.24) is 0 Å². The van der Waals surface area contributed by atoms with Gasteiger partial charge in [0, 0.05) is 6.61 Å². The van der Waals surface area contributed by atoms with Crippen LogP contribution in [0.4, 0.5) is 0 Å². The highest BCUT2D eigenvalue weighted by molar-refractivity contribution is 4.61. The number of hydrogen-bond donors (Lipinski definition) is 0. The van der Waals surface area contributed by atoms with Crippen molar-refractivity contribution in [2.24, 2.45) is 10.8 Å². The standard InChI is InChI=1S/C16H34O/c1-15(2,3)12-10-8-7-9-11-13-17-14-16(4,5)6/h7-14H2,1-6H3. The Hall–Kier alpha value is -0.0400.